The van der Waals surface area contributed by atoms with Crippen LogP contribution in [0.25, 0.3) is 0 Å². The number of allylic oxidation sites excluding steroid dienone is 1. The lowest BCUT2D eigenvalue weighted by Crippen LogP contribution is -2.69. The van der Waals surface area contributed by atoms with Crippen LogP contribution in [0.3, 0.4) is 0 Å². The minimum absolute atomic E-state index is 0.142. The smallest absolute Gasteiger partial charge is 0.408 e. The van der Waals surface area contributed by atoms with Gasteiger partial charge in [0.2, 0.25) is 0 Å². The number of rotatable bonds is 7. The number of benzene rings is 1. The molecule has 7 nitrogen and oxygen atoms in total. The van der Waals surface area contributed by atoms with Gasteiger partial charge in [0, 0.05) is 11.0 Å². The molecule has 1 amide bonds. The number of ether oxygens (including phenoxy) is 3. The number of carbonyl (C=O) groups excluding carboxylic acids is 3. The normalized spacial score (nSPS) is 42.0. The van der Waals surface area contributed by atoms with E-state index in [-0.39, 0.29) is 69.8 Å². The highest BCUT2D eigenvalue weighted by molar-refractivity contribution is 5.82. The van der Waals surface area contributed by atoms with Gasteiger partial charge in [0.05, 0.1) is 11.8 Å². The molecule has 6 aliphatic carbocycles. The van der Waals surface area contributed by atoms with Crippen LogP contribution >= 0.6 is 0 Å². The third-order valence-corrected chi connectivity index (χ3v) is 18.1. The largest absolute Gasteiger partial charge is 0.462 e. The molecule has 6 aliphatic rings. The topological polar surface area (TPSA) is 90.9 Å². The lowest BCUT2D eigenvalue weighted by molar-refractivity contribution is -0.248. The van der Waals surface area contributed by atoms with Crippen molar-refractivity contribution >= 4 is 18.0 Å². The molecule has 310 valence electrons. The molecule has 6 saturated carbocycles. The molecule has 0 spiro atoms. The van der Waals surface area contributed by atoms with E-state index in [9.17, 15) is 14.4 Å². The molecule has 0 saturated heterocycles. The molecule has 0 heterocycles. The van der Waals surface area contributed by atoms with Gasteiger partial charge in [-0.3, -0.25) is 9.59 Å². The first-order chi connectivity index (χ1) is 26.0. The summed E-state index contributed by atoms with van der Waals surface area (Å²) in [5.41, 5.74) is 1.21. The summed E-state index contributed by atoms with van der Waals surface area (Å²) in [7, 11) is 0. The van der Waals surface area contributed by atoms with Gasteiger partial charge >= 0.3 is 18.0 Å². The second kappa shape index (κ2) is 13.9. The second-order valence-corrected chi connectivity index (χ2v) is 22.5. The summed E-state index contributed by atoms with van der Waals surface area (Å²) in [6, 6.07) is 9.74. The van der Waals surface area contributed by atoms with Crippen molar-refractivity contribution in [1.29, 1.82) is 0 Å². The van der Waals surface area contributed by atoms with Crippen LogP contribution < -0.4 is 5.32 Å². The number of amides is 1. The second-order valence-electron chi connectivity index (χ2n) is 22.5. The van der Waals surface area contributed by atoms with E-state index >= 15 is 0 Å². The standard InChI is InChI=1S/C49H73NO6/c1-30(2)32-20-25-49(50-42(53)56-43(3,4)5)27-26-47(11)33(39(32)49)18-19-37-46(10)23-22-38(45(8,9)36(46)21-24-48(37,47)12)55-41(52)35-28-34(44(35,6)7)40(51)54-29-31-16-14-13-15-17-31/h13-17,32-39H,1,18-29H2,2-12H3,(H,50,53)/t32-,33?,34-,35+,36-,37+,38-,39+,46-,47+,48+,49?/m0/s1. The van der Waals surface area contributed by atoms with Crippen molar-refractivity contribution in [2.45, 2.75) is 171 Å². The Kier molecular flexibility index (Phi) is 10.3. The van der Waals surface area contributed by atoms with E-state index in [1.807, 2.05) is 65.0 Å². The number of hydrogen-bond donors (Lipinski definition) is 1. The predicted molar refractivity (Wildman–Crippen MR) is 220 cm³/mol. The third kappa shape index (κ3) is 6.46. The van der Waals surface area contributed by atoms with Crippen LogP contribution in [0.1, 0.15) is 152 Å². The van der Waals surface area contributed by atoms with Gasteiger partial charge in [0.15, 0.2) is 0 Å². The summed E-state index contributed by atoms with van der Waals surface area (Å²) in [5.74, 6) is 1.30. The zero-order valence-electron chi connectivity index (χ0n) is 36.6. The van der Waals surface area contributed by atoms with Crippen LogP contribution in [0.15, 0.2) is 42.5 Å². The van der Waals surface area contributed by atoms with E-state index in [2.05, 4.69) is 53.4 Å². The Hall–Kier alpha value is -2.83. The number of esters is 2. The molecule has 1 aromatic carbocycles. The Morgan fingerprint density at radius 1 is 0.768 bits per heavy atom. The molecule has 0 aliphatic heterocycles. The molecular formula is C49H73NO6. The van der Waals surface area contributed by atoms with Gasteiger partial charge in [0.1, 0.15) is 18.3 Å². The van der Waals surface area contributed by atoms with Crippen molar-refractivity contribution < 1.29 is 28.6 Å². The zero-order valence-corrected chi connectivity index (χ0v) is 36.6. The van der Waals surface area contributed by atoms with Crippen LogP contribution in [0, 0.1) is 68.5 Å². The SMILES string of the molecule is C=C(C)[C@@H]1CCC2(NC(=O)OC(C)(C)C)CC[C@]3(C)C(CC[C@@H]4[C@@]5(C)CC[C@H](OC(=O)[C@H]6C[C@@H](C(=O)OCc7ccccc7)C6(C)C)C(C)(C)[C@@H]5CC[C@]43C)[C@@H]12. The Morgan fingerprint density at radius 3 is 2.09 bits per heavy atom. The molecule has 1 N–H and O–H groups in total. The van der Waals surface area contributed by atoms with Crippen LogP contribution in [0.4, 0.5) is 4.79 Å². The fourth-order valence-electron chi connectivity index (χ4n) is 14.8. The van der Waals surface area contributed by atoms with E-state index in [0.29, 0.717) is 36.0 Å². The van der Waals surface area contributed by atoms with E-state index in [1.54, 1.807) is 0 Å². The van der Waals surface area contributed by atoms with Crippen molar-refractivity contribution in [3.05, 3.63) is 48.0 Å². The highest BCUT2D eigenvalue weighted by Gasteiger charge is 2.71. The average Bonchev–Trinajstić information content (AvgIpc) is 3.47. The number of carbonyl (C=O) groups is 3. The highest BCUT2D eigenvalue weighted by atomic mass is 16.6. The Balaban J connectivity index is 1.05. The number of nitrogens with one attached hydrogen (secondary N) is 1. The van der Waals surface area contributed by atoms with Gasteiger partial charge in [-0.2, -0.15) is 0 Å². The molecule has 7 rings (SSSR count). The van der Waals surface area contributed by atoms with Gasteiger partial charge in [-0.15, -0.1) is 0 Å². The molecule has 56 heavy (non-hydrogen) atoms. The first-order valence-corrected chi connectivity index (χ1v) is 22.1. The van der Waals surface area contributed by atoms with Crippen LogP contribution in [-0.4, -0.2) is 35.3 Å². The van der Waals surface area contributed by atoms with Crippen LogP contribution in [0.5, 0.6) is 0 Å². The van der Waals surface area contributed by atoms with E-state index in [1.165, 1.54) is 24.8 Å². The van der Waals surface area contributed by atoms with E-state index in [4.69, 9.17) is 14.2 Å². The van der Waals surface area contributed by atoms with Crippen molar-refractivity contribution in [2.75, 3.05) is 0 Å². The summed E-state index contributed by atoms with van der Waals surface area (Å²) < 4.78 is 18.1. The molecule has 0 aromatic heterocycles. The van der Waals surface area contributed by atoms with Gasteiger partial charge < -0.3 is 19.5 Å². The minimum Gasteiger partial charge on any atom is -0.462 e. The highest BCUT2D eigenvalue weighted by Crippen LogP contribution is 2.76. The predicted octanol–water partition coefficient (Wildman–Crippen LogP) is 11.2. The summed E-state index contributed by atoms with van der Waals surface area (Å²) in [4.78, 5) is 40.5. The maximum absolute atomic E-state index is 14.0. The van der Waals surface area contributed by atoms with E-state index in [0.717, 1.165) is 50.5 Å². The summed E-state index contributed by atoms with van der Waals surface area (Å²) in [5, 5.41) is 3.53. The molecular weight excluding hydrogens is 699 g/mol. The maximum Gasteiger partial charge on any atom is 0.408 e. The summed E-state index contributed by atoms with van der Waals surface area (Å²) in [6.45, 7) is 29.4. The lowest BCUT2D eigenvalue weighted by atomic mass is 9.32. The molecule has 0 radical (unpaired) electrons. The van der Waals surface area contributed by atoms with Gasteiger partial charge in [-0.05, 0) is 155 Å². The summed E-state index contributed by atoms with van der Waals surface area (Å²) in [6.07, 6.45) is 10.8. The van der Waals surface area contributed by atoms with Crippen LogP contribution in [0.2, 0.25) is 0 Å². The number of fused-ring (bicyclic) bond motifs is 7. The van der Waals surface area contributed by atoms with Crippen molar-refractivity contribution in [3.8, 4) is 0 Å². The van der Waals surface area contributed by atoms with Gasteiger partial charge in [0.25, 0.3) is 0 Å². The maximum atomic E-state index is 14.0. The van der Waals surface area contributed by atoms with Crippen molar-refractivity contribution in [3.63, 3.8) is 0 Å². The first-order valence-electron chi connectivity index (χ1n) is 22.1. The molecule has 0 bridgehead atoms. The Labute approximate surface area is 338 Å². The monoisotopic (exact) mass is 772 g/mol. The fraction of sp³-hybridized carbons (Fsp3) is 0.776. The molecule has 1 aromatic rings. The van der Waals surface area contributed by atoms with Crippen LogP contribution in [-0.2, 0) is 30.4 Å². The molecule has 2 unspecified atom stereocenters. The molecule has 12 atom stereocenters. The van der Waals surface area contributed by atoms with Gasteiger partial charge in [-0.25, -0.2) is 4.79 Å². The van der Waals surface area contributed by atoms with Crippen molar-refractivity contribution in [2.24, 2.45) is 68.5 Å². The molecule has 7 heteroatoms. The van der Waals surface area contributed by atoms with Gasteiger partial charge in [-0.1, -0.05) is 91.0 Å². The lowest BCUT2D eigenvalue weighted by Gasteiger charge is -2.73. The minimum atomic E-state index is -0.536. The number of hydrogen-bond acceptors (Lipinski definition) is 6. The Morgan fingerprint density at radius 2 is 1.45 bits per heavy atom. The zero-order chi connectivity index (χ0) is 40.9. The Bertz CT molecular complexity index is 1710. The molecule has 6 fully saturated rings. The third-order valence-electron chi connectivity index (χ3n) is 18.1. The van der Waals surface area contributed by atoms with E-state index < -0.39 is 11.0 Å². The average molecular weight is 772 g/mol. The number of alkyl carbamates (subject to hydrolysis) is 1. The fourth-order valence-corrected chi connectivity index (χ4v) is 14.8. The van der Waals surface area contributed by atoms with Crippen molar-refractivity contribution in [1.82, 2.24) is 5.32 Å². The quantitative estimate of drug-likeness (QED) is 0.169. The first kappa shape index (κ1) is 41.3. The summed E-state index contributed by atoms with van der Waals surface area (Å²) >= 11 is 0.